The Morgan fingerprint density at radius 2 is 0.951 bits per heavy atom. The topological polar surface area (TPSA) is 83.5 Å². The normalized spacial score (nSPS) is 22.2. The van der Waals surface area contributed by atoms with Gasteiger partial charge in [-0.25, -0.2) is 4.79 Å². The van der Waals surface area contributed by atoms with Gasteiger partial charge in [-0.15, -0.1) is 0 Å². The van der Waals surface area contributed by atoms with Crippen LogP contribution in [0, 0.1) is 0 Å². The van der Waals surface area contributed by atoms with Gasteiger partial charge in [0.1, 0.15) is 24.9 Å². The van der Waals surface area contributed by atoms with Gasteiger partial charge in [0.15, 0.2) is 12.4 Å². The van der Waals surface area contributed by atoms with E-state index in [1.165, 1.54) is 0 Å². The molecule has 0 spiro atoms. The molecule has 1 saturated heterocycles. The molecule has 212 valence electrons. The Hall–Kier alpha value is -3.85. The van der Waals surface area contributed by atoms with Gasteiger partial charge in [-0.05, 0) is 22.3 Å². The van der Waals surface area contributed by atoms with E-state index in [2.05, 4.69) is 0 Å². The highest BCUT2D eigenvalue weighted by atomic mass is 16.7. The largest absolute Gasteiger partial charge is 0.459 e. The van der Waals surface area contributed by atoms with Gasteiger partial charge in [-0.3, -0.25) is 0 Å². The van der Waals surface area contributed by atoms with Crippen LogP contribution in [0.3, 0.4) is 0 Å². The maximum absolute atomic E-state index is 13.4. The Morgan fingerprint density at radius 3 is 1.41 bits per heavy atom. The lowest BCUT2D eigenvalue weighted by atomic mass is 9.98. The zero-order chi connectivity index (χ0) is 28.3. The number of carbonyl (C=O) groups excluding carboxylic acids is 1. The molecule has 0 bridgehead atoms. The predicted octanol–water partition coefficient (Wildman–Crippen LogP) is 5.20. The molecule has 4 aromatic rings. The number of ether oxygens (including phenoxy) is 5. The predicted molar refractivity (Wildman–Crippen MR) is 152 cm³/mol. The van der Waals surface area contributed by atoms with Gasteiger partial charge < -0.3 is 28.8 Å². The van der Waals surface area contributed by atoms with Crippen molar-refractivity contribution < 1.29 is 33.6 Å². The molecule has 5 rings (SSSR count). The van der Waals surface area contributed by atoms with E-state index in [1.54, 1.807) is 0 Å². The van der Waals surface area contributed by atoms with E-state index in [-0.39, 0.29) is 26.4 Å². The molecule has 0 aliphatic carbocycles. The Morgan fingerprint density at radius 1 is 0.561 bits per heavy atom. The molecule has 0 aromatic heterocycles. The van der Waals surface area contributed by atoms with E-state index in [4.69, 9.17) is 23.7 Å². The summed E-state index contributed by atoms with van der Waals surface area (Å²) in [5.74, 6) is -0.652. The molecule has 1 heterocycles. The van der Waals surface area contributed by atoms with Crippen LogP contribution in [-0.2, 0) is 54.9 Å². The summed E-state index contributed by atoms with van der Waals surface area (Å²) in [5, 5.41) is 11.6. The number of aliphatic hydroxyl groups is 1. The Balaban J connectivity index is 1.37. The average molecular weight is 555 g/mol. The summed E-state index contributed by atoms with van der Waals surface area (Å²) >= 11 is 0. The third-order valence-corrected chi connectivity index (χ3v) is 6.80. The van der Waals surface area contributed by atoms with Gasteiger partial charge in [0.2, 0.25) is 0 Å². The van der Waals surface area contributed by atoms with Crippen molar-refractivity contribution in [2.45, 2.75) is 57.1 Å². The maximum atomic E-state index is 13.4. The van der Waals surface area contributed by atoms with Crippen molar-refractivity contribution >= 4 is 5.97 Å². The molecule has 0 saturated carbocycles. The zero-order valence-electron chi connectivity index (χ0n) is 22.7. The lowest BCUT2D eigenvalue weighted by molar-refractivity contribution is -0.315. The monoisotopic (exact) mass is 554 g/mol. The first-order valence-electron chi connectivity index (χ1n) is 13.7. The van der Waals surface area contributed by atoms with Crippen LogP contribution < -0.4 is 0 Å². The second-order valence-corrected chi connectivity index (χ2v) is 9.83. The van der Waals surface area contributed by atoms with Gasteiger partial charge >= 0.3 is 5.97 Å². The summed E-state index contributed by atoms with van der Waals surface area (Å²) in [6, 6.07) is 38.1. The van der Waals surface area contributed by atoms with Crippen molar-refractivity contribution in [2.24, 2.45) is 0 Å². The molecule has 0 unspecified atom stereocenters. The molecule has 1 aliphatic heterocycles. The van der Waals surface area contributed by atoms with Gasteiger partial charge in [-0.2, -0.15) is 0 Å². The van der Waals surface area contributed by atoms with Crippen LogP contribution in [0.15, 0.2) is 121 Å². The quantitative estimate of drug-likeness (QED) is 0.241. The third-order valence-electron chi connectivity index (χ3n) is 6.80. The highest BCUT2D eigenvalue weighted by Crippen LogP contribution is 2.30. The Labute approximate surface area is 240 Å². The van der Waals surface area contributed by atoms with E-state index in [0.29, 0.717) is 0 Å². The minimum absolute atomic E-state index is 0.0600. The van der Waals surface area contributed by atoms with Crippen molar-refractivity contribution in [1.29, 1.82) is 0 Å². The number of aliphatic hydroxyl groups excluding tert-OH is 1. The molecule has 0 radical (unpaired) electrons. The molecule has 1 N–H and O–H groups in total. The minimum Gasteiger partial charge on any atom is -0.459 e. The van der Waals surface area contributed by atoms with E-state index >= 15 is 0 Å². The molecule has 5 atom stereocenters. The van der Waals surface area contributed by atoms with E-state index in [0.717, 1.165) is 22.3 Å². The van der Waals surface area contributed by atoms with Crippen LogP contribution in [-0.4, -0.2) is 41.8 Å². The first-order valence-corrected chi connectivity index (χ1v) is 13.7. The molecule has 7 nitrogen and oxygen atoms in total. The second-order valence-electron chi connectivity index (χ2n) is 9.83. The average Bonchev–Trinajstić information content (AvgIpc) is 3.03. The van der Waals surface area contributed by atoms with Crippen LogP contribution in [0.4, 0.5) is 0 Å². The van der Waals surface area contributed by atoms with Crippen molar-refractivity contribution in [3.63, 3.8) is 0 Å². The number of carbonyl (C=O) groups is 1. The van der Waals surface area contributed by atoms with Crippen LogP contribution in [0.1, 0.15) is 22.3 Å². The molecule has 1 fully saturated rings. The number of rotatable bonds is 12. The number of hydrogen-bond acceptors (Lipinski definition) is 7. The zero-order valence-corrected chi connectivity index (χ0v) is 22.7. The Bertz CT molecular complexity index is 1320. The molecule has 0 amide bonds. The third kappa shape index (κ3) is 8.10. The first kappa shape index (κ1) is 28.7. The van der Waals surface area contributed by atoms with Gasteiger partial charge in [0.25, 0.3) is 0 Å². The van der Waals surface area contributed by atoms with Crippen LogP contribution in [0.2, 0.25) is 0 Å². The SMILES string of the molecule is O=C(OCc1ccccc1)[C@H]1O[C@H](OCc2ccccc2)[C@@H](OCc2ccccc2)[C@@H](O)[C@@H]1OCc1ccccc1. The number of benzene rings is 4. The smallest absolute Gasteiger partial charge is 0.338 e. The van der Waals surface area contributed by atoms with Gasteiger partial charge in [0, 0.05) is 0 Å². The van der Waals surface area contributed by atoms with Crippen LogP contribution in [0.5, 0.6) is 0 Å². The highest BCUT2D eigenvalue weighted by Gasteiger charge is 2.51. The fourth-order valence-electron chi connectivity index (χ4n) is 4.61. The van der Waals surface area contributed by atoms with Crippen LogP contribution >= 0.6 is 0 Å². The second kappa shape index (κ2) is 14.7. The summed E-state index contributed by atoms with van der Waals surface area (Å²) in [6.07, 6.45) is -5.53. The summed E-state index contributed by atoms with van der Waals surface area (Å²) in [6.45, 7) is 0.635. The molecule has 4 aromatic carbocycles. The van der Waals surface area contributed by atoms with Gasteiger partial charge in [-0.1, -0.05) is 121 Å². The number of esters is 1. The standard InChI is InChI=1S/C34H34O7/c35-29-30(37-21-25-13-5-1-6-14-25)32(33(36)39-23-27-17-9-3-10-18-27)41-34(40-24-28-19-11-4-12-20-28)31(29)38-22-26-15-7-2-8-16-26/h1-20,29-32,34-35H,21-24H2/t29-,30-,31-,32-,34-/m0/s1. The molecule has 1 aliphatic rings. The molecule has 7 heteroatoms. The fourth-order valence-corrected chi connectivity index (χ4v) is 4.61. The van der Waals surface area contributed by atoms with Crippen molar-refractivity contribution in [2.75, 3.05) is 0 Å². The molecular weight excluding hydrogens is 520 g/mol. The summed E-state index contributed by atoms with van der Waals surface area (Å²) < 4.78 is 30.3. The summed E-state index contributed by atoms with van der Waals surface area (Å²) in [5.41, 5.74) is 3.56. The molecule has 41 heavy (non-hydrogen) atoms. The first-order chi connectivity index (χ1) is 20.2. The summed E-state index contributed by atoms with van der Waals surface area (Å²) in [7, 11) is 0. The lowest BCUT2D eigenvalue weighted by Gasteiger charge is -2.43. The minimum atomic E-state index is -1.24. The van der Waals surface area contributed by atoms with Crippen molar-refractivity contribution in [3.05, 3.63) is 144 Å². The lowest BCUT2D eigenvalue weighted by Crippen LogP contribution is -2.62. The van der Waals surface area contributed by atoms with Gasteiger partial charge in [0.05, 0.1) is 19.8 Å². The van der Waals surface area contributed by atoms with E-state index in [9.17, 15) is 9.90 Å². The summed E-state index contributed by atoms with van der Waals surface area (Å²) in [4.78, 5) is 13.4. The van der Waals surface area contributed by atoms with E-state index in [1.807, 2.05) is 121 Å². The van der Waals surface area contributed by atoms with Crippen LogP contribution in [0.25, 0.3) is 0 Å². The van der Waals surface area contributed by atoms with E-state index < -0.39 is 36.7 Å². The highest BCUT2D eigenvalue weighted by molar-refractivity contribution is 5.76. The fraction of sp³-hybridized carbons (Fsp3) is 0.265. The maximum Gasteiger partial charge on any atom is 0.338 e. The molecular formula is C34H34O7. The Kier molecular flexibility index (Phi) is 10.3. The number of hydrogen-bond donors (Lipinski definition) is 1. The van der Waals surface area contributed by atoms with Crippen molar-refractivity contribution in [1.82, 2.24) is 0 Å². The van der Waals surface area contributed by atoms with Crippen molar-refractivity contribution in [3.8, 4) is 0 Å².